The van der Waals surface area contributed by atoms with Crippen LogP contribution in [-0.2, 0) is 9.53 Å². The molecule has 0 radical (unpaired) electrons. The fourth-order valence-corrected chi connectivity index (χ4v) is 1.45. The third-order valence-electron chi connectivity index (χ3n) is 2.15. The second kappa shape index (κ2) is 3.26. The van der Waals surface area contributed by atoms with Gasteiger partial charge in [0.05, 0.1) is 0 Å². The Morgan fingerprint density at radius 2 is 1.79 bits per heavy atom. The van der Waals surface area contributed by atoms with E-state index in [1.807, 2.05) is 34.6 Å². The molecule has 4 heteroatoms. The lowest BCUT2D eigenvalue weighted by molar-refractivity contribution is -0.133. The van der Waals surface area contributed by atoms with Crippen molar-refractivity contribution in [3.63, 3.8) is 0 Å². The summed E-state index contributed by atoms with van der Waals surface area (Å²) in [6, 6.07) is 0. The van der Waals surface area contributed by atoms with Crippen LogP contribution in [0.3, 0.4) is 0 Å². The molecule has 1 atom stereocenters. The van der Waals surface area contributed by atoms with Crippen LogP contribution in [-0.4, -0.2) is 28.5 Å². The topological polar surface area (TPSA) is 46.6 Å². The highest BCUT2D eigenvalue weighted by atomic mass is 16.6. The third kappa shape index (κ3) is 1.74. The number of hydrogen-bond acceptors (Lipinski definition) is 3. The molecule has 1 aliphatic rings. The number of amides is 2. The number of carbonyl (C=O) groups is 2. The lowest BCUT2D eigenvalue weighted by atomic mass is 10.0. The minimum Gasteiger partial charge on any atom is -0.435 e. The number of nitrogens with zero attached hydrogens (tertiary/aromatic N) is 1. The Hall–Kier alpha value is -1.06. The highest BCUT2D eigenvalue weighted by Gasteiger charge is 2.47. The molecule has 0 spiro atoms. The Kier molecular flexibility index (Phi) is 2.56. The monoisotopic (exact) mass is 199 g/mol. The maximum atomic E-state index is 11.8. The maximum absolute atomic E-state index is 11.8. The summed E-state index contributed by atoms with van der Waals surface area (Å²) < 4.78 is 5.01. The molecule has 1 heterocycles. The fraction of sp³-hybridized carbons (Fsp3) is 0.800. The number of hydrogen-bond donors (Lipinski definition) is 0. The van der Waals surface area contributed by atoms with Gasteiger partial charge in [-0.3, -0.25) is 4.79 Å². The summed E-state index contributed by atoms with van der Waals surface area (Å²) >= 11 is 0. The van der Waals surface area contributed by atoms with Crippen LogP contribution in [0.4, 0.5) is 4.79 Å². The van der Waals surface area contributed by atoms with E-state index in [9.17, 15) is 9.59 Å². The highest BCUT2D eigenvalue weighted by molar-refractivity contribution is 6.00. The Labute approximate surface area is 84.2 Å². The summed E-state index contributed by atoms with van der Waals surface area (Å²) in [5.41, 5.74) is -0.502. The Morgan fingerprint density at radius 1 is 1.29 bits per heavy atom. The molecule has 14 heavy (non-hydrogen) atoms. The van der Waals surface area contributed by atoms with Crippen molar-refractivity contribution in [1.29, 1.82) is 0 Å². The predicted molar refractivity (Wildman–Crippen MR) is 51.7 cm³/mol. The van der Waals surface area contributed by atoms with Gasteiger partial charge in [0, 0.05) is 5.54 Å². The third-order valence-corrected chi connectivity index (χ3v) is 2.15. The van der Waals surface area contributed by atoms with Gasteiger partial charge in [0.1, 0.15) is 0 Å². The second-order valence-electron chi connectivity index (χ2n) is 4.89. The smallest absolute Gasteiger partial charge is 0.417 e. The zero-order valence-corrected chi connectivity index (χ0v) is 9.33. The SMILES string of the molecule is CC(C)C1OC(=O)N(C(C)(C)C)C1=O. The molecule has 1 rings (SSSR count). The summed E-state index contributed by atoms with van der Waals surface area (Å²) in [6.45, 7) is 9.17. The number of carbonyl (C=O) groups excluding carboxylic acids is 2. The van der Waals surface area contributed by atoms with Crippen LogP contribution in [0, 0.1) is 5.92 Å². The van der Waals surface area contributed by atoms with Gasteiger partial charge in [-0.05, 0) is 26.7 Å². The molecule has 1 saturated heterocycles. The molecular weight excluding hydrogens is 182 g/mol. The van der Waals surface area contributed by atoms with Crippen molar-refractivity contribution in [2.45, 2.75) is 46.3 Å². The quantitative estimate of drug-likeness (QED) is 0.646. The summed E-state index contributed by atoms with van der Waals surface area (Å²) in [7, 11) is 0. The van der Waals surface area contributed by atoms with Gasteiger partial charge >= 0.3 is 6.09 Å². The van der Waals surface area contributed by atoms with Gasteiger partial charge in [-0.25, -0.2) is 9.69 Å². The molecule has 0 aromatic carbocycles. The van der Waals surface area contributed by atoms with E-state index in [4.69, 9.17) is 4.74 Å². The van der Waals surface area contributed by atoms with Gasteiger partial charge in [-0.1, -0.05) is 13.8 Å². The average Bonchev–Trinajstić information content (AvgIpc) is 2.24. The maximum Gasteiger partial charge on any atom is 0.417 e. The van der Waals surface area contributed by atoms with E-state index in [-0.39, 0.29) is 11.8 Å². The summed E-state index contributed by atoms with van der Waals surface area (Å²) in [6.07, 6.45) is -1.14. The standard InChI is InChI=1S/C10H17NO3/c1-6(2)7-8(12)11(9(13)14-7)10(3,4)5/h6-7H,1-5H3. The fourth-order valence-electron chi connectivity index (χ4n) is 1.45. The Bertz CT molecular complexity index is 265. The Morgan fingerprint density at radius 3 is 2.00 bits per heavy atom. The van der Waals surface area contributed by atoms with Crippen LogP contribution in [0.1, 0.15) is 34.6 Å². The molecule has 1 unspecified atom stereocenters. The first-order valence-corrected chi connectivity index (χ1v) is 4.80. The molecule has 2 amide bonds. The van der Waals surface area contributed by atoms with Crippen molar-refractivity contribution in [1.82, 2.24) is 4.90 Å². The molecule has 1 fully saturated rings. The largest absolute Gasteiger partial charge is 0.435 e. The van der Waals surface area contributed by atoms with Crippen LogP contribution in [0.2, 0.25) is 0 Å². The minimum absolute atomic E-state index is 0.0267. The van der Waals surface area contributed by atoms with Gasteiger partial charge in [0.25, 0.3) is 5.91 Å². The molecule has 1 aliphatic heterocycles. The summed E-state index contributed by atoms with van der Waals surface area (Å²) in [5.74, 6) is -0.198. The Balaban J connectivity index is 2.92. The van der Waals surface area contributed by atoms with Gasteiger partial charge in [-0.15, -0.1) is 0 Å². The number of cyclic esters (lactones) is 1. The zero-order chi connectivity index (χ0) is 11.1. The average molecular weight is 199 g/mol. The summed E-state index contributed by atoms with van der Waals surface area (Å²) in [4.78, 5) is 24.4. The van der Waals surface area contributed by atoms with Crippen LogP contribution >= 0.6 is 0 Å². The van der Waals surface area contributed by atoms with Crippen LogP contribution in [0.15, 0.2) is 0 Å². The molecule has 0 aromatic heterocycles. The zero-order valence-electron chi connectivity index (χ0n) is 9.33. The molecule has 80 valence electrons. The van der Waals surface area contributed by atoms with Crippen molar-refractivity contribution in [3.8, 4) is 0 Å². The van der Waals surface area contributed by atoms with Crippen molar-refractivity contribution >= 4 is 12.0 Å². The first-order chi connectivity index (χ1) is 6.25. The van der Waals surface area contributed by atoms with Gasteiger partial charge in [0.2, 0.25) is 0 Å². The van der Waals surface area contributed by atoms with E-state index in [2.05, 4.69) is 0 Å². The van der Waals surface area contributed by atoms with Crippen LogP contribution in [0.5, 0.6) is 0 Å². The van der Waals surface area contributed by atoms with Crippen molar-refractivity contribution in [2.24, 2.45) is 5.92 Å². The van der Waals surface area contributed by atoms with E-state index in [0.717, 1.165) is 0 Å². The van der Waals surface area contributed by atoms with E-state index in [1.165, 1.54) is 4.90 Å². The lowest BCUT2D eigenvalue weighted by Gasteiger charge is -2.27. The van der Waals surface area contributed by atoms with Crippen LogP contribution in [0.25, 0.3) is 0 Å². The predicted octanol–water partition coefficient (Wildman–Crippen LogP) is 1.79. The first-order valence-electron chi connectivity index (χ1n) is 4.80. The molecule has 0 N–H and O–H groups in total. The minimum atomic E-state index is -0.610. The molecule has 0 aromatic rings. The van der Waals surface area contributed by atoms with Crippen molar-refractivity contribution in [2.75, 3.05) is 0 Å². The van der Waals surface area contributed by atoms with Gasteiger partial charge in [0.15, 0.2) is 6.10 Å². The van der Waals surface area contributed by atoms with Crippen LogP contribution < -0.4 is 0 Å². The highest BCUT2D eigenvalue weighted by Crippen LogP contribution is 2.26. The molecule has 4 nitrogen and oxygen atoms in total. The van der Waals surface area contributed by atoms with E-state index in [0.29, 0.717) is 0 Å². The van der Waals surface area contributed by atoms with E-state index in [1.54, 1.807) is 0 Å². The van der Waals surface area contributed by atoms with Crippen molar-refractivity contribution in [3.05, 3.63) is 0 Å². The number of rotatable bonds is 1. The van der Waals surface area contributed by atoms with E-state index >= 15 is 0 Å². The molecule has 0 aliphatic carbocycles. The molecule has 0 bridgehead atoms. The molecular formula is C10H17NO3. The normalized spacial score (nSPS) is 23.3. The van der Waals surface area contributed by atoms with Crippen molar-refractivity contribution < 1.29 is 14.3 Å². The molecule has 0 saturated carbocycles. The number of imide groups is 1. The first kappa shape index (κ1) is 11.0. The summed E-state index contributed by atoms with van der Waals surface area (Å²) in [5, 5.41) is 0. The van der Waals surface area contributed by atoms with Gasteiger partial charge < -0.3 is 4.74 Å². The van der Waals surface area contributed by atoms with Gasteiger partial charge in [-0.2, -0.15) is 0 Å². The van der Waals surface area contributed by atoms with E-state index < -0.39 is 17.7 Å². The number of ether oxygens (including phenoxy) is 1. The second-order valence-corrected chi connectivity index (χ2v) is 4.89. The lowest BCUT2D eigenvalue weighted by Crippen LogP contribution is -2.46.